The Labute approximate surface area is 157 Å². The molecule has 2 rings (SSSR count). The molecule has 0 aliphatic heterocycles. The lowest BCUT2D eigenvalue weighted by Gasteiger charge is -2.31. The van der Waals surface area contributed by atoms with Crippen molar-refractivity contribution in [2.45, 2.75) is 52.5 Å². The van der Waals surface area contributed by atoms with Crippen molar-refractivity contribution in [3.63, 3.8) is 0 Å². The third kappa shape index (κ3) is 5.30. The third-order valence-corrected chi connectivity index (χ3v) is 5.00. The molecule has 140 valence electrons. The van der Waals surface area contributed by atoms with Gasteiger partial charge in [-0.3, -0.25) is 4.79 Å². The monoisotopic (exact) mass is 366 g/mol. The van der Waals surface area contributed by atoms with Crippen LogP contribution in [-0.4, -0.2) is 24.2 Å². The SMILES string of the molecule is CC1(C)CC=C(c2cc(C(C)(C)NCCO)ccc2C(N)=O)CC1.Cl. The average molecular weight is 367 g/mol. The van der Waals surface area contributed by atoms with E-state index in [1.54, 1.807) is 0 Å². The molecule has 4 N–H and O–H groups in total. The maximum Gasteiger partial charge on any atom is 0.249 e. The Morgan fingerprint density at radius 1 is 1.36 bits per heavy atom. The molecule has 1 aliphatic rings. The molecule has 0 unspecified atom stereocenters. The average Bonchev–Trinajstić information content (AvgIpc) is 2.52. The number of primary amides is 1. The van der Waals surface area contributed by atoms with Gasteiger partial charge >= 0.3 is 0 Å². The van der Waals surface area contributed by atoms with E-state index in [-0.39, 0.29) is 30.5 Å². The first-order valence-corrected chi connectivity index (χ1v) is 8.66. The largest absolute Gasteiger partial charge is 0.395 e. The number of nitrogens with two attached hydrogens (primary N) is 1. The molecule has 25 heavy (non-hydrogen) atoms. The first-order chi connectivity index (χ1) is 11.2. The summed E-state index contributed by atoms with van der Waals surface area (Å²) in [4.78, 5) is 11.9. The molecular formula is C20H31ClN2O2. The van der Waals surface area contributed by atoms with Crippen LogP contribution in [0.15, 0.2) is 24.3 Å². The van der Waals surface area contributed by atoms with E-state index in [1.807, 2.05) is 12.1 Å². The molecule has 0 saturated heterocycles. The van der Waals surface area contributed by atoms with Crippen LogP contribution in [0.5, 0.6) is 0 Å². The van der Waals surface area contributed by atoms with Crippen LogP contribution in [0.25, 0.3) is 5.57 Å². The predicted octanol–water partition coefficient (Wildman–Crippen LogP) is 3.62. The van der Waals surface area contributed by atoms with Gasteiger partial charge in [-0.05, 0) is 67.4 Å². The highest BCUT2D eigenvalue weighted by molar-refractivity contribution is 5.98. The summed E-state index contributed by atoms with van der Waals surface area (Å²) in [6, 6.07) is 5.85. The van der Waals surface area contributed by atoms with E-state index >= 15 is 0 Å². The number of benzene rings is 1. The van der Waals surface area contributed by atoms with Crippen molar-refractivity contribution >= 4 is 23.9 Å². The molecule has 0 radical (unpaired) electrons. The van der Waals surface area contributed by atoms with Crippen LogP contribution in [-0.2, 0) is 5.54 Å². The van der Waals surface area contributed by atoms with Gasteiger partial charge in [0.25, 0.3) is 0 Å². The zero-order valence-corrected chi connectivity index (χ0v) is 16.5. The summed E-state index contributed by atoms with van der Waals surface area (Å²) in [5.74, 6) is -0.386. The molecular weight excluding hydrogens is 336 g/mol. The Kier molecular flexibility index (Phi) is 7.24. The fourth-order valence-corrected chi connectivity index (χ4v) is 3.21. The Hall–Kier alpha value is -1.36. The summed E-state index contributed by atoms with van der Waals surface area (Å²) in [5.41, 5.74) is 9.46. The van der Waals surface area contributed by atoms with Gasteiger partial charge in [0, 0.05) is 17.6 Å². The summed E-state index contributed by atoms with van der Waals surface area (Å²) in [6.45, 7) is 9.31. The number of aliphatic hydroxyl groups is 1. The number of nitrogens with one attached hydrogen (secondary N) is 1. The number of rotatable bonds is 6. The minimum absolute atomic E-state index is 0. The summed E-state index contributed by atoms with van der Waals surface area (Å²) in [5, 5.41) is 12.4. The molecule has 0 fully saturated rings. The molecule has 1 aromatic carbocycles. The van der Waals surface area contributed by atoms with Crippen LogP contribution in [0.2, 0.25) is 0 Å². The Morgan fingerprint density at radius 3 is 2.56 bits per heavy atom. The highest BCUT2D eigenvalue weighted by atomic mass is 35.5. The van der Waals surface area contributed by atoms with Gasteiger partial charge in [0.05, 0.1) is 6.61 Å². The second kappa shape index (κ2) is 8.35. The van der Waals surface area contributed by atoms with Crippen LogP contribution < -0.4 is 11.1 Å². The van der Waals surface area contributed by atoms with Gasteiger partial charge in [-0.1, -0.05) is 26.0 Å². The summed E-state index contributed by atoms with van der Waals surface area (Å²) in [7, 11) is 0. The van der Waals surface area contributed by atoms with Crippen molar-refractivity contribution in [3.8, 4) is 0 Å². The van der Waals surface area contributed by atoms with Crippen LogP contribution in [0.4, 0.5) is 0 Å². The first-order valence-electron chi connectivity index (χ1n) is 8.66. The van der Waals surface area contributed by atoms with E-state index in [4.69, 9.17) is 10.8 Å². The number of carbonyl (C=O) groups is 1. The second-order valence-electron chi connectivity index (χ2n) is 8.00. The van der Waals surface area contributed by atoms with E-state index in [2.05, 4.69) is 45.2 Å². The lowest BCUT2D eigenvalue weighted by Crippen LogP contribution is -2.38. The Balaban J connectivity index is 0.00000312. The fourth-order valence-electron chi connectivity index (χ4n) is 3.21. The molecule has 0 heterocycles. The predicted molar refractivity (Wildman–Crippen MR) is 106 cm³/mol. The normalized spacial score (nSPS) is 16.8. The number of aliphatic hydroxyl groups excluding tert-OH is 1. The van der Waals surface area contributed by atoms with Crippen LogP contribution in [0.3, 0.4) is 0 Å². The third-order valence-electron chi connectivity index (χ3n) is 5.00. The van der Waals surface area contributed by atoms with E-state index in [9.17, 15) is 4.79 Å². The van der Waals surface area contributed by atoms with Gasteiger partial charge in [-0.25, -0.2) is 0 Å². The number of carbonyl (C=O) groups excluding carboxylic acids is 1. The molecule has 5 heteroatoms. The van der Waals surface area contributed by atoms with E-state index < -0.39 is 0 Å². The van der Waals surface area contributed by atoms with Crippen molar-refractivity contribution in [2.24, 2.45) is 11.1 Å². The lowest BCUT2D eigenvalue weighted by atomic mass is 9.76. The lowest BCUT2D eigenvalue weighted by molar-refractivity contribution is 0.1000. The Bertz CT molecular complexity index is 651. The van der Waals surface area contributed by atoms with E-state index in [0.717, 1.165) is 30.4 Å². The molecule has 0 bridgehead atoms. The molecule has 0 saturated carbocycles. The standard InChI is InChI=1S/C20H30N2O2.ClH/c1-19(2)9-7-14(8-10-19)17-13-15(5-6-16(17)18(21)24)20(3,4)22-11-12-23;/h5-7,13,22-23H,8-12H2,1-4H3,(H2,21,24);1H. The van der Waals surface area contributed by atoms with Crippen LogP contribution in [0, 0.1) is 5.41 Å². The van der Waals surface area contributed by atoms with Crippen molar-refractivity contribution in [1.29, 1.82) is 0 Å². The van der Waals surface area contributed by atoms with Gasteiger partial charge < -0.3 is 16.2 Å². The molecule has 1 amide bonds. The molecule has 0 spiro atoms. The zero-order chi connectivity index (χ0) is 18.0. The number of halogens is 1. The number of allylic oxidation sites excluding steroid dienone is 2. The van der Waals surface area contributed by atoms with Gasteiger partial charge in [0.15, 0.2) is 0 Å². The quantitative estimate of drug-likeness (QED) is 0.719. The Morgan fingerprint density at radius 2 is 2.04 bits per heavy atom. The van der Waals surface area contributed by atoms with Gasteiger partial charge in [0.1, 0.15) is 0 Å². The minimum Gasteiger partial charge on any atom is -0.395 e. The molecule has 0 aromatic heterocycles. The van der Waals surface area contributed by atoms with E-state index in [0.29, 0.717) is 17.5 Å². The van der Waals surface area contributed by atoms with Crippen molar-refractivity contribution in [2.75, 3.05) is 13.2 Å². The number of amides is 1. The highest BCUT2D eigenvalue weighted by Crippen LogP contribution is 2.39. The molecule has 0 atom stereocenters. The van der Waals surface area contributed by atoms with Crippen molar-refractivity contribution < 1.29 is 9.90 Å². The van der Waals surface area contributed by atoms with Gasteiger partial charge in [-0.15, -0.1) is 12.4 Å². The molecule has 4 nitrogen and oxygen atoms in total. The van der Waals surface area contributed by atoms with Crippen LogP contribution in [0.1, 0.15) is 68.4 Å². The second-order valence-corrected chi connectivity index (χ2v) is 8.00. The maximum atomic E-state index is 11.9. The fraction of sp³-hybridized carbons (Fsp3) is 0.550. The zero-order valence-electron chi connectivity index (χ0n) is 15.7. The summed E-state index contributed by atoms with van der Waals surface area (Å²) < 4.78 is 0. The van der Waals surface area contributed by atoms with Gasteiger partial charge in [-0.2, -0.15) is 0 Å². The van der Waals surface area contributed by atoms with E-state index in [1.165, 1.54) is 5.57 Å². The first kappa shape index (κ1) is 21.7. The molecule has 1 aromatic rings. The highest BCUT2D eigenvalue weighted by Gasteiger charge is 2.26. The minimum atomic E-state index is -0.386. The van der Waals surface area contributed by atoms with Gasteiger partial charge in [0.2, 0.25) is 5.91 Å². The maximum absolute atomic E-state index is 11.9. The number of hydrogen-bond acceptors (Lipinski definition) is 3. The van der Waals surface area contributed by atoms with Crippen molar-refractivity contribution in [1.82, 2.24) is 5.32 Å². The van der Waals surface area contributed by atoms with Crippen LogP contribution >= 0.6 is 12.4 Å². The number of hydrogen-bond donors (Lipinski definition) is 3. The van der Waals surface area contributed by atoms with Crippen molar-refractivity contribution in [3.05, 3.63) is 41.0 Å². The topological polar surface area (TPSA) is 75.3 Å². The molecule has 1 aliphatic carbocycles. The summed E-state index contributed by atoms with van der Waals surface area (Å²) in [6.07, 6.45) is 5.33. The summed E-state index contributed by atoms with van der Waals surface area (Å²) >= 11 is 0. The smallest absolute Gasteiger partial charge is 0.249 e.